The van der Waals surface area contributed by atoms with Gasteiger partial charge >= 0.3 is 0 Å². The summed E-state index contributed by atoms with van der Waals surface area (Å²) >= 11 is 5.95. The number of hydrogen-bond donors (Lipinski definition) is 2. The molecule has 0 bridgehead atoms. The van der Waals surface area contributed by atoms with Crippen LogP contribution >= 0.6 is 11.6 Å². The maximum Gasteiger partial charge on any atom is 0.259 e. The fraction of sp³-hybridized carbons (Fsp3) is 0.240. The van der Waals surface area contributed by atoms with Crippen molar-refractivity contribution in [2.24, 2.45) is 0 Å². The van der Waals surface area contributed by atoms with E-state index in [-0.39, 0.29) is 17.4 Å². The van der Waals surface area contributed by atoms with E-state index in [1.54, 1.807) is 6.07 Å². The molecular weight excluding hydrogens is 398 g/mol. The van der Waals surface area contributed by atoms with Gasteiger partial charge in [-0.25, -0.2) is 0 Å². The number of nitrogens with one attached hydrogen (secondary N) is 1. The minimum atomic E-state index is -0.424. The second kappa shape index (κ2) is 9.23. The molecule has 0 saturated heterocycles. The summed E-state index contributed by atoms with van der Waals surface area (Å²) in [4.78, 5) is 12.6. The Labute approximate surface area is 181 Å². The van der Waals surface area contributed by atoms with E-state index in [4.69, 9.17) is 16.3 Å². The Bertz CT molecular complexity index is 1020. The Balaban J connectivity index is 1.49. The van der Waals surface area contributed by atoms with Crippen molar-refractivity contribution in [3.63, 3.8) is 0 Å². The number of amides is 1. The van der Waals surface area contributed by atoms with Gasteiger partial charge in [-0.3, -0.25) is 4.79 Å². The molecule has 1 aliphatic carbocycles. The molecule has 154 valence electrons. The molecule has 0 radical (unpaired) electrons. The number of aromatic hydroxyl groups is 1. The lowest BCUT2D eigenvalue weighted by Crippen LogP contribution is -2.28. The molecule has 30 heavy (non-hydrogen) atoms. The average Bonchev–Trinajstić information content (AvgIpc) is 2.76. The predicted octanol–water partition coefficient (Wildman–Crippen LogP) is 6.40. The Morgan fingerprint density at radius 3 is 2.60 bits per heavy atom. The van der Waals surface area contributed by atoms with Gasteiger partial charge in [0.25, 0.3) is 5.91 Å². The Hall–Kier alpha value is -2.98. The largest absolute Gasteiger partial charge is 0.507 e. The van der Waals surface area contributed by atoms with Gasteiger partial charge in [-0.1, -0.05) is 54.4 Å². The first-order valence-corrected chi connectivity index (χ1v) is 10.6. The van der Waals surface area contributed by atoms with Crippen LogP contribution in [-0.2, 0) is 0 Å². The maximum absolute atomic E-state index is 12.6. The number of hydrogen-bond acceptors (Lipinski definition) is 3. The monoisotopic (exact) mass is 421 g/mol. The molecule has 1 aliphatic rings. The third-order valence-electron chi connectivity index (χ3n) is 5.51. The van der Waals surface area contributed by atoms with Crippen LogP contribution in [-0.4, -0.2) is 17.1 Å². The van der Waals surface area contributed by atoms with Crippen LogP contribution in [0.2, 0.25) is 5.02 Å². The van der Waals surface area contributed by atoms with Crippen LogP contribution in [0.25, 0.3) is 0 Å². The molecule has 2 N–H and O–H groups in total. The van der Waals surface area contributed by atoms with Gasteiger partial charge in [0.1, 0.15) is 17.6 Å². The highest BCUT2D eigenvalue weighted by atomic mass is 35.5. The van der Waals surface area contributed by atoms with E-state index in [1.165, 1.54) is 30.2 Å². The molecule has 1 amide bonds. The summed E-state index contributed by atoms with van der Waals surface area (Å²) < 4.78 is 6.37. The average molecular weight is 422 g/mol. The van der Waals surface area contributed by atoms with Gasteiger partial charge in [-0.05, 0) is 55.2 Å². The summed E-state index contributed by atoms with van der Waals surface area (Å²) in [7, 11) is 0. The number of anilines is 1. The number of ether oxygens (including phenoxy) is 1. The van der Waals surface area contributed by atoms with Gasteiger partial charge in [0.05, 0.1) is 5.56 Å². The summed E-state index contributed by atoms with van der Waals surface area (Å²) in [6, 6.07) is 22.3. The molecule has 1 fully saturated rings. The Kier molecular flexibility index (Phi) is 6.24. The van der Waals surface area contributed by atoms with Crippen LogP contribution in [0.15, 0.2) is 72.8 Å². The number of benzene rings is 3. The molecule has 0 spiro atoms. The van der Waals surface area contributed by atoms with Crippen molar-refractivity contribution < 1.29 is 14.6 Å². The quantitative estimate of drug-likeness (QED) is 0.500. The van der Waals surface area contributed by atoms with Gasteiger partial charge in [-0.15, -0.1) is 0 Å². The lowest BCUT2D eigenvalue weighted by molar-refractivity contribution is 0.102. The van der Waals surface area contributed by atoms with Gasteiger partial charge < -0.3 is 15.2 Å². The molecular formula is C25H24ClNO3. The molecule has 4 nitrogen and oxygen atoms in total. The predicted molar refractivity (Wildman–Crippen MR) is 120 cm³/mol. The smallest absolute Gasteiger partial charge is 0.259 e. The van der Waals surface area contributed by atoms with Crippen molar-refractivity contribution in [1.82, 2.24) is 0 Å². The molecule has 0 unspecified atom stereocenters. The minimum Gasteiger partial charge on any atom is -0.507 e. The van der Waals surface area contributed by atoms with Crippen LogP contribution in [0.1, 0.15) is 47.5 Å². The summed E-state index contributed by atoms with van der Waals surface area (Å²) in [6.07, 6.45) is 4.58. The topological polar surface area (TPSA) is 58.6 Å². The van der Waals surface area contributed by atoms with E-state index in [1.807, 2.05) is 24.3 Å². The second-order valence-electron chi connectivity index (χ2n) is 7.60. The van der Waals surface area contributed by atoms with Crippen LogP contribution in [0, 0.1) is 0 Å². The zero-order valence-corrected chi connectivity index (χ0v) is 17.3. The lowest BCUT2D eigenvalue weighted by atomic mass is 9.81. The Morgan fingerprint density at radius 1 is 0.967 bits per heavy atom. The van der Waals surface area contributed by atoms with E-state index >= 15 is 0 Å². The third-order valence-corrected chi connectivity index (χ3v) is 5.75. The highest BCUT2D eigenvalue weighted by molar-refractivity contribution is 6.31. The molecule has 0 heterocycles. The van der Waals surface area contributed by atoms with Crippen molar-refractivity contribution in [3.05, 3.63) is 88.9 Å². The van der Waals surface area contributed by atoms with Crippen molar-refractivity contribution in [2.75, 3.05) is 5.32 Å². The minimum absolute atomic E-state index is 0.101. The first kappa shape index (κ1) is 20.3. The zero-order chi connectivity index (χ0) is 20.9. The van der Waals surface area contributed by atoms with Gasteiger partial charge in [0.15, 0.2) is 0 Å². The van der Waals surface area contributed by atoms with Gasteiger partial charge in [0, 0.05) is 22.7 Å². The van der Waals surface area contributed by atoms with E-state index in [9.17, 15) is 9.90 Å². The normalized spacial score (nSPS) is 18.6. The molecule has 0 aromatic heterocycles. The van der Waals surface area contributed by atoms with Crippen LogP contribution in [0.3, 0.4) is 0 Å². The van der Waals surface area contributed by atoms with Crippen LogP contribution in [0.4, 0.5) is 5.69 Å². The van der Waals surface area contributed by atoms with Gasteiger partial charge in [0.2, 0.25) is 0 Å². The highest BCUT2D eigenvalue weighted by Crippen LogP contribution is 2.36. The highest BCUT2D eigenvalue weighted by Gasteiger charge is 2.28. The molecule has 2 atom stereocenters. The number of rotatable bonds is 5. The fourth-order valence-corrected chi connectivity index (χ4v) is 4.20. The van der Waals surface area contributed by atoms with Crippen molar-refractivity contribution >= 4 is 23.2 Å². The SMILES string of the molecule is O=C(Nc1cccc(O[C@H]2CCCC[C@@H]2c2ccccc2)c1)c1cc(Cl)ccc1O. The first-order chi connectivity index (χ1) is 14.6. The van der Waals surface area contributed by atoms with E-state index in [2.05, 4.69) is 29.6 Å². The van der Waals surface area contributed by atoms with E-state index in [0.29, 0.717) is 16.6 Å². The molecule has 0 aliphatic heterocycles. The van der Waals surface area contributed by atoms with Crippen molar-refractivity contribution in [1.29, 1.82) is 0 Å². The number of phenols is 1. The van der Waals surface area contributed by atoms with E-state index < -0.39 is 5.91 Å². The maximum atomic E-state index is 12.6. The zero-order valence-electron chi connectivity index (χ0n) is 16.6. The third kappa shape index (κ3) is 4.77. The van der Waals surface area contributed by atoms with E-state index in [0.717, 1.165) is 25.0 Å². The number of phenolic OH excluding ortho intramolecular Hbond substituents is 1. The molecule has 3 aromatic rings. The summed E-state index contributed by atoms with van der Waals surface area (Å²) in [5.41, 5.74) is 2.04. The first-order valence-electron chi connectivity index (χ1n) is 10.2. The summed E-state index contributed by atoms with van der Waals surface area (Å²) in [5, 5.41) is 13.1. The summed E-state index contributed by atoms with van der Waals surface area (Å²) in [6.45, 7) is 0. The van der Waals surface area contributed by atoms with Crippen molar-refractivity contribution in [2.45, 2.75) is 37.7 Å². The standard InChI is InChI=1S/C25H24ClNO3/c26-18-13-14-23(28)22(15-18)25(29)27-19-9-6-10-20(16-19)30-24-12-5-4-11-21(24)17-7-2-1-3-8-17/h1-3,6-10,13-16,21,24,28H,4-5,11-12H2,(H,27,29)/t21-,24+/m1/s1. The number of halogens is 1. The van der Waals surface area contributed by atoms with Crippen molar-refractivity contribution in [3.8, 4) is 11.5 Å². The lowest BCUT2D eigenvalue weighted by Gasteiger charge is -2.32. The molecule has 1 saturated carbocycles. The molecule has 4 rings (SSSR count). The summed E-state index contributed by atoms with van der Waals surface area (Å²) in [5.74, 6) is 0.543. The molecule has 5 heteroatoms. The second-order valence-corrected chi connectivity index (χ2v) is 8.04. The Morgan fingerprint density at radius 2 is 1.77 bits per heavy atom. The number of carbonyl (C=O) groups is 1. The molecule has 3 aromatic carbocycles. The van der Waals surface area contributed by atoms with Crippen LogP contribution in [0.5, 0.6) is 11.5 Å². The number of carbonyl (C=O) groups excluding carboxylic acids is 1. The van der Waals surface area contributed by atoms with Gasteiger partial charge in [-0.2, -0.15) is 0 Å². The van der Waals surface area contributed by atoms with Crippen LogP contribution < -0.4 is 10.1 Å². The fourth-order valence-electron chi connectivity index (χ4n) is 4.03.